The standard InChI is InChI=1S/C15H24OSSi/c1-6-13(16)11-12(2)17-14-7-9-15(10-8-14)18(3,4)5/h7-10,12H,6,11H2,1-5H3. The monoisotopic (exact) mass is 280 g/mol. The number of thioether (sulfide) groups is 1. The van der Waals surface area contributed by atoms with E-state index < -0.39 is 8.07 Å². The highest BCUT2D eigenvalue weighted by Gasteiger charge is 2.16. The molecule has 1 unspecified atom stereocenters. The highest BCUT2D eigenvalue weighted by Crippen LogP contribution is 2.25. The molecule has 0 fully saturated rings. The lowest BCUT2D eigenvalue weighted by Gasteiger charge is -2.17. The normalized spacial score (nSPS) is 13.4. The summed E-state index contributed by atoms with van der Waals surface area (Å²) in [7, 11) is -1.19. The first-order valence-electron chi connectivity index (χ1n) is 6.62. The Hall–Kier alpha value is -0.543. The van der Waals surface area contributed by atoms with Crippen LogP contribution < -0.4 is 5.19 Å². The first kappa shape index (κ1) is 15.5. The molecule has 100 valence electrons. The summed E-state index contributed by atoms with van der Waals surface area (Å²) in [6.45, 7) is 11.1. The minimum atomic E-state index is -1.19. The maximum Gasteiger partial charge on any atom is 0.133 e. The van der Waals surface area contributed by atoms with E-state index in [9.17, 15) is 4.79 Å². The molecule has 0 amide bonds. The Kier molecular flexibility index (Phi) is 5.67. The Morgan fingerprint density at radius 2 is 1.78 bits per heavy atom. The predicted octanol–water partition coefficient (Wildman–Crippen LogP) is 4.08. The third-order valence-corrected chi connectivity index (χ3v) is 6.15. The van der Waals surface area contributed by atoms with Gasteiger partial charge in [-0.15, -0.1) is 11.8 Å². The average molecular weight is 281 g/mol. The number of hydrogen-bond donors (Lipinski definition) is 0. The minimum Gasteiger partial charge on any atom is -0.300 e. The second-order valence-electron chi connectivity index (χ2n) is 5.80. The van der Waals surface area contributed by atoms with E-state index >= 15 is 0 Å². The van der Waals surface area contributed by atoms with Gasteiger partial charge < -0.3 is 0 Å². The lowest BCUT2D eigenvalue weighted by atomic mass is 10.2. The van der Waals surface area contributed by atoms with Crippen LogP contribution in [0.5, 0.6) is 0 Å². The molecule has 1 rings (SSSR count). The Balaban J connectivity index is 2.61. The van der Waals surface area contributed by atoms with Crippen LogP contribution in [0.4, 0.5) is 0 Å². The molecule has 0 N–H and O–H groups in total. The van der Waals surface area contributed by atoms with Crippen molar-refractivity contribution in [2.45, 2.75) is 56.5 Å². The highest BCUT2D eigenvalue weighted by molar-refractivity contribution is 8.00. The van der Waals surface area contributed by atoms with Crippen molar-refractivity contribution >= 4 is 30.8 Å². The molecule has 1 aromatic rings. The summed E-state index contributed by atoms with van der Waals surface area (Å²) in [6.07, 6.45) is 1.33. The molecule has 1 nitrogen and oxygen atoms in total. The summed E-state index contributed by atoms with van der Waals surface area (Å²) in [5, 5.41) is 1.86. The molecule has 0 heterocycles. The topological polar surface area (TPSA) is 17.1 Å². The molecule has 0 aliphatic heterocycles. The number of carbonyl (C=O) groups is 1. The van der Waals surface area contributed by atoms with Crippen LogP contribution in [-0.2, 0) is 4.79 Å². The molecule has 1 atom stereocenters. The van der Waals surface area contributed by atoms with Gasteiger partial charge in [-0.1, -0.05) is 50.8 Å². The number of Topliss-reactive ketones (excluding diaryl/α,β-unsaturated/α-hetero) is 1. The molecular weight excluding hydrogens is 256 g/mol. The van der Waals surface area contributed by atoms with Crippen molar-refractivity contribution in [1.82, 2.24) is 0 Å². The maximum atomic E-state index is 11.4. The van der Waals surface area contributed by atoms with Gasteiger partial charge in [-0.2, -0.15) is 0 Å². The van der Waals surface area contributed by atoms with E-state index in [0.29, 0.717) is 23.9 Å². The third-order valence-electron chi connectivity index (χ3n) is 2.97. The zero-order valence-corrected chi connectivity index (χ0v) is 13.9. The molecule has 0 bridgehead atoms. The van der Waals surface area contributed by atoms with Crippen LogP contribution in [0, 0.1) is 0 Å². The third kappa shape index (κ3) is 4.98. The lowest BCUT2D eigenvalue weighted by Crippen LogP contribution is -2.37. The van der Waals surface area contributed by atoms with Gasteiger partial charge in [-0.25, -0.2) is 0 Å². The summed E-state index contributed by atoms with van der Waals surface area (Å²) in [6, 6.07) is 8.90. The minimum absolute atomic E-state index is 0.355. The fourth-order valence-corrected chi connectivity index (χ4v) is 3.97. The molecule has 18 heavy (non-hydrogen) atoms. The Bertz CT molecular complexity index is 392. The Morgan fingerprint density at radius 1 is 1.22 bits per heavy atom. The van der Waals surface area contributed by atoms with E-state index in [0.717, 1.165) is 0 Å². The van der Waals surface area contributed by atoms with Gasteiger partial charge in [0.1, 0.15) is 5.78 Å². The van der Waals surface area contributed by atoms with E-state index in [2.05, 4.69) is 50.8 Å². The summed E-state index contributed by atoms with van der Waals surface area (Å²) >= 11 is 1.80. The zero-order valence-electron chi connectivity index (χ0n) is 12.1. The predicted molar refractivity (Wildman–Crippen MR) is 84.7 cm³/mol. The summed E-state index contributed by atoms with van der Waals surface area (Å²) in [5.74, 6) is 0.355. The van der Waals surface area contributed by atoms with Crippen molar-refractivity contribution in [3.8, 4) is 0 Å². The van der Waals surface area contributed by atoms with Crippen LogP contribution in [0.25, 0.3) is 0 Å². The molecule has 0 saturated carbocycles. The second kappa shape index (κ2) is 6.57. The molecule has 0 aliphatic carbocycles. The largest absolute Gasteiger partial charge is 0.300 e. The molecule has 1 aromatic carbocycles. The molecule has 3 heteroatoms. The van der Waals surface area contributed by atoms with Crippen LogP contribution in [0.15, 0.2) is 29.2 Å². The van der Waals surface area contributed by atoms with Gasteiger partial charge in [0.2, 0.25) is 0 Å². The molecule has 0 aliphatic rings. The van der Waals surface area contributed by atoms with Crippen LogP contribution in [0.1, 0.15) is 26.7 Å². The van der Waals surface area contributed by atoms with Gasteiger partial charge in [0, 0.05) is 23.0 Å². The highest BCUT2D eigenvalue weighted by atomic mass is 32.2. The van der Waals surface area contributed by atoms with E-state index in [1.54, 1.807) is 11.8 Å². The summed E-state index contributed by atoms with van der Waals surface area (Å²) in [4.78, 5) is 12.7. The van der Waals surface area contributed by atoms with Gasteiger partial charge >= 0.3 is 0 Å². The quantitative estimate of drug-likeness (QED) is 0.577. The van der Waals surface area contributed by atoms with Crippen molar-refractivity contribution in [2.24, 2.45) is 0 Å². The lowest BCUT2D eigenvalue weighted by molar-refractivity contribution is -0.118. The zero-order chi connectivity index (χ0) is 13.8. The van der Waals surface area contributed by atoms with E-state index in [4.69, 9.17) is 0 Å². The van der Waals surface area contributed by atoms with Crippen LogP contribution in [0.3, 0.4) is 0 Å². The first-order valence-corrected chi connectivity index (χ1v) is 11.0. The van der Waals surface area contributed by atoms with E-state index in [1.807, 2.05) is 6.92 Å². The van der Waals surface area contributed by atoms with Crippen LogP contribution >= 0.6 is 11.8 Å². The molecule has 0 aromatic heterocycles. The number of rotatable bonds is 6. The number of ketones is 1. The molecule has 0 spiro atoms. The van der Waals surface area contributed by atoms with Crippen LogP contribution in [-0.4, -0.2) is 19.1 Å². The average Bonchev–Trinajstić information content (AvgIpc) is 2.28. The molecule has 0 radical (unpaired) electrons. The van der Waals surface area contributed by atoms with Crippen molar-refractivity contribution in [3.05, 3.63) is 24.3 Å². The van der Waals surface area contributed by atoms with Crippen LogP contribution in [0.2, 0.25) is 19.6 Å². The molecular formula is C15H24OSSi. The Labute approximate surface area is 116 Å². The number of hydrogen-bond acceptors (Lipinski definition) is 2. The van der Waals surface area contributed by atoms with Gasteiger partial charge in [-0.3, -0.25) is 4.79 Å². The fraction of sp³-hybridized carbons (Fsp3) is 0.533. The van der Waals surface area contributed by atoms with Crippen molar-refractivity contribution < 1.29 is 4.79 Å². The molecule has 0 saturated heterocycles. The SMILES string of the molecule is CCC(=O)CC(C)Sc1ccc([Si](C)(C)C)cc1. The van der Waals surface area contributed by atoms with E-state index in [1.165, 1.54) is 10.1 Å². The van der Waals surface area contributed by atoms with Gasteiger partial charge in [0.25, 0.3) is 0 Å². The number of benzene rings is 1. The smallest absolute Gasteiger partial charge is 0.133 e. The second-order valence-corrected chi connectivity index (χ2v) is 12.4. The number of carbonyl (C=O) groups excluding carboxylic acids is 1. The van der Waals surface area contributed by atoms with Crippen molar-refractivity contribution in [3.63, 3.8) is 0 Å². The fourth-order valence-electron chi connectivity index (χ4n) is 1.77. The summed E-state index contributed by atoms with van der Waals surface area (Å²) in [5.41, 5.74) is 0. The maximum absolute atomic E-state index is 11.4. The van der Waals surface area contributed by atoms with Crippen molar-refractivity contribution in [1.29, 1.82) is 0 Å². The van der Waals surface area contributed by atoms with Crippen molar-refractivity contribution in [2.75, 3.05) is 0 Å². The first-order chi connectivity index (χ1) is 8.32. The van der Waals surface area contributed by atoms with Gasteiger partial charge in [-0.05, 0) is 12.1 Å². The van der Waals surface area contributed by atoms with E-state index in [-0.39, 0.29) is 0 Å². The van der Waals surface area contributed by atoms with Gasteiger partial charge in [0.15, 0.2) is 0 Å². The summed E-state index contributed by atoms with van der Waals surface area (Å²) < 4.78 is 0. The Morgan fingerprint density at radius 3 is 2.22 bits per heavy atom. The van der Waals surface area contributed by atoms with Gasteiger partial charge in [0.05, 0.1) is 8.07 Å².